The number of ether oxygens (including phenoxy) is 1. The number of methoxy groups -OCH3 is 1. The van der Waals surface area contributed by atoms with Crippen molar-refractivity contribution in [2.75, 3.05) is 26.7 Å². The fraction of sp³-hybridized carbons (Fsp3) is 0.414. The van der Waals surface area contributed by atoms with Crippen molar-refractivity contribution in [1.82, 2.24) is 20.7 Å². The van der Waals surface area contributed by atoms with Crippen molar-refractivity contribution in [3.8, 4) is 17.1 Å². The lowest BCUT2D eigenvalue weighted by Gasteiger charge is -2.50. The van der Waals surface area contributed by atoms with Crippen molar-refractivity contribution in [1.29, 1.82) is 0 Å². The quantitative estimate of drug-likeness (QED) is 0.400. The highest BCUT2D eigenvalue weighted by Gasteiger charge is 2.47. The summed E-state index contributed by atoms with van der Waals surface area (Å²) >= 11 is 0. The van der Waals surface area contributed by atoms with E-state index in [1.54, 1.807) is 7.11 Å². The lowest BCUT2D eigenvalue weighted by atomic mass is 9.84. The third-order valence-electron chi connectivity index (χ3n) is 7.33. The molecule has 0 atom stereocenters. The molecule has 1 saturated carbocycles. The molecule has 0 radical (unpaired) electrons. The molecule has 2 amide bonds. The van der Waals surface area contributed by atoms with Gasteiger partial charge in [-0.1, -0.05) is 17.3 Å². The molecule has 2 N–H and O–H groups in total. The molecule has 10 heteroatoms. The lowest BCUT2D eigenvalue weighted by Crippen LogP contribution is -2.71. The minimum Gasteiger partial charge on any atom is -0.497 e. The lowest BCUT2D eigenvalue weighted by molar-refractivity contribution is -0.126. The first-order valence-corrected chi connectivity index (χ1v) is 13.0. The predicted molar refractivity (Wildman–Crippen MR) is 140 cm³/mol. The van der Waals surface area contributed by atoms with E-state index in [1.807, 2.05) is 38.1 Å². The topological polar surface area (TPSA) is 96.7 Å². The van der Waals surface area contributed by atoms with Crippen molar-refractivity contribution >= 4 is 11.8 Å². The highest BCUT2D eigenvalue weighted by Crippen LogP contribution is 2.35. The van der Waals surface area contributed by atoms with E-state index in [9.17, 15) is 18.4 Å². The monoisotopic (exact) mass is 538 g/mol. The fourth-order valence-electron chi connectivity index (χ4n) is 5.13. The molecule has 1 aromatic heterocycles. The van der Waals surface area contributed by atoms with Gasteiger partial charge in [0.15, 0.2) is 11.5 Å². The number of hydrogen-bond acceptors (Lipinski definition) is 6. The maximum absolute atomic E-state index is 14.2. The summed E-state index contributed by atoms with van der Waals surface area (Å²) in [5.41, 5.74) is -0.628. The Morgan fingerprint density at radius 1 is 1.15 bits per heavy atom. The van der Waals surface area contributed by atoms with E-state index >= 15 is 0 Å². The second-order valence-corrected chi connectivity index (χ2v) is 11.1. The predicted octanol–water partition coefficient (Wildman–Crippen LogP) is 4.26. The number of rotatable bonds is 10. The smallest absolute Gasteiger partial charge is 0.274 e. The number of nitrogens with one attached hydrogen (secondary N) is 2. The molecule has 2 heterocycles. The SMILES string of the molecule is COc1cccc(C(C)(C)NC(=O)CC2(NC(=O)c3cc(-c4ccc(F)cc4F)on3)CN(CC3CC3)C2)c1. The number of carbonyl (C=O) groups is 2. The number of amides is 2. The van der Waals surface area contributed by atoms with Gasteiger partial charge in [-0.15, -0.1) is 0 Å². The molecule has 1 aliphatic heterocycles. The second-order valence-electron chi connectivity index (χ2n) is 11.1. The van der Waals surface area contributed by atoms with Crippen molar-refractivity contribution in [2.45, 2.75) is 44.2 Å². The Morgan fingerprint density at radius 2 is 1.92 bits per heavy atom. The summed E-state index contributed by atoms with van der Waals surface area (Å²) in [6, 6.07) is 11.9. The Hall–Kier alpha value is -3.79. The average Bonchev–Trinajstić information content (AvgIpc) is 3.54. The molecule has 0 spiro atoms. The fourth-order valence-corrected chi connectivity index (χ4v) is 5.13. The van der Waals surface area contributed by atoms with Crippen LogP contribution in [0.2, 0.25) is 0 Å². The van der Waals surface area contributed by atoms with Crippen LogP contribution in [0.5, 0.6) is 5.75 Å². The number of aromatic nitrogens is 1. The van der Waals surface area contributed by atoms with Gasteiger partial charge in [0.25, 0.3) is 5.91 Å². The first-order valence-electron chi connectivity index (χ1n) is 13.0. The zero-order valence-electron chi connectivity index (χ0n) is 22.2. The largest absolute Gasteiger partial charge is 0.497 e. The van der Waals surface area contributed by atoms with Crippen LogP contribution in [0.4, 0.5) is 8.78 Å². The number of benzene rings is 2. The van der Waals surface area contributed by atoms with Gasteiger partial charge in [0, 0.05) is 31.8 Å². The minimum absolute atomic E-state index is 0.00364. The molecule has 2 fully saturated rings. The highest BCUT2D eigenvalue weighted by molar-refractivity contribution is 5.94. The van der Waals surface area contributed by atoms with Gasteiger partial charge in [0.1, 0.15) is 17.4 Å². The summed E-state index contributed by atoms with van der Waals surface area (Å²) in [6.07, 6.45) is 2.48. The van der Waals surface area contributed by atoms with Gasteiger partial charge < -0.3 is 19.9 Å². The molecular weight excluding hydrogens is 506 g/mol. The normalized spacial score (nSPS) is 16.8. The van der Waals surface area contributed by atoms with Crippen LogP contribution in [0.25, 0.3) is 11.3 Å². The standard InChI is InChI=1S/C29H32F2N4O4/c1-28(2,19-5-4-6-21(11-19)38-3)32-26(36)14-29(16-35(17-29)15-18-7-8-18)33-27(37)24-13-25(39-34-24)22-10-9-20(30)12-23(22)31/h4-6,9-13,18H,7-8,14-17H2,1-3H3,(H,32,36)(H,33,37). The Bertz CT molecular complexity index is 1380. The van der Waals surface area contributed by atoms with Crippen molar-refractivity contribution < 1.29 is 27.6 Å². The maximum Gasteiger partial charge on any atom is 0.274 e. The van der Waals surface area contributed by atoms with Gasteiger partial charge in [-0.25, -0.2) is 8.78 Å². The molecule has 2 aliphatic rings. The van der Waals surface area contributed by atoms with Gasteiger partial charge in [0.2, 0.25) is 5.91 Å². The van der Waals surface area contributed by atoms with Crippen LogP contribution >= 0.6 is 0 Å². The Kier molecular flexibility index (Phi) is 7.15. The van der Waals surface area contributed by atoms with Crippen molar-refractivity contribution in [3.63, 3.8) is 0 Å². The molecule has 2 aromatic carbocycles. The number of halogens is 2. The summed E-state index contributed by atoms with van der Waals surface area (Å²) in [6.45, 7) is 5.82. The van der Waals surface area contributed by atoms with Crippen LogP contribution in [0.15, 0.2) is 53.1 Å². The molecule has 206 valence electrons. The summed E-state index contributed by atoms with van der Waals surface area (Å²) in [7, 11) is 1.59. The molecule has 1 aliphatic carbocycles. The van der Waals surface area contributed by atoms with Crippen LogP contribution in [-0.4, -0.2) is 54.2 Å². The van der Waals surface area contributed by atoms with Crippen molar-refractivity contribution in [2.24, 2.45) is 5.92 Å². The number of carbonyl (C=O) groups excluding carboxylic acids is 2. The zero-order valence-corrected chi connectivity index (χ0v) is 22.2. The molecular formula is C29H32F2N4O4. The summed E-state index contributed by atoms with van der Waals surface area (Å²) < 4.78 is 38.0. The van der Waals surface area contributed by atoms with Crippen LogP contribution in [0, 0.1) is 17.6 Å². The summed E-state index contributed by atoms with van der Waals surface area (Å²) in [4.78, 5) is 28.7. The van der Waals surface area contributed by atoms with Gasteiger partial charge in [-0.2, -0.15) is 0 Å². The highest BCUT2D eigenvalue weighted by atomic mass is 19.1. The zero-order chi connectivity index (χ0) is 27.8. The molecule has 8 nitrogen and oxygen atoms in total. The number of hydrogen-bond donors (Lipinski definition) is 2. The molecule has 1 saturated heterocycles. The van der Waals surface area contributed by atoms with Crippen LogP contribution in [0.1, 0.15) is 49.2 Å². The Balaban J connectivity index is 1.29. The molecule has 3 aromatic rings. The summed E-state index contributed by atoms with van der Waals surface area (Å²) in [5.74, 6) is -0.900. The van der Waals surface area contributed by atoms with E-state index in [-0.39, 0.29) is 29.3 Å². The Morgan fingerprint density at radius 3 is 2.62 bits per heavy atom. The average molecular weight is 539 g/mol. The first-order chi connectivity index (χ1) is 18.6. The van der Waals surface area contributed by atoms with Crippen molar-refractivity contribution in [3.05, 3.63) is 71.4 Å². The van der Waals surface area contributed by atoms with Gasteiger partial charge >= 0.3 is 0 Å². The molecule has 0 bridgehead atoms. The van der Waals surface area contributed by atoms with E-state index in [0.717, 1.165) is 24.2 Å². The second kappa shape index (κ2) is 10.4. The van der Waals surface area contributed by atoms with Gasteiger partial charge in [-0.05, 0) is 62.4 Å². The summed E-state index contributed by atoms with van der Waals surface area (Å²) in [5, 5.41) is 9.89. The maximum atomic E-state index is 14.2. The minimum atomic E-state index is -0.820. The third kappa shape index (κ3) is 6.11. The molecule has 39 heavy (non-hydrogen) atoms. The first kappa shape index (κ1) is 26.8. The molecule has 0 unspecified atom stereocenters. The van der Waals surface area contributed by atoms with E-state index in [0.29, 0.717) is 24.8 Å². The third-order valence-corrected chi connectivity index (χ3v) is 7.33. The number of nitrogens with zero attached hydrogens (tertiary/aromatic N) is 2. The Labute approximate surface area is 225 Å². The van der Waals surface area contributed by atoms with Crippen LogP contribution in [-0.2, 0) is 10.3 Å². The van der Waals surface area contributed by atoms with Crippen LogP contribution in [0.3, 0.4) is 0 Å². The van der Waals surface area contributed by atoms with E-state index in [4.69, 9.17) is 9.26 Å². The van der Waals surface area contributed by atoms with Crippen LogP contribution < -0.4 is 15.4 Å². The van der Waals surface area contributed by atoms with E-state index in [1.165, 1.54) is 25.0 Å². The van der Waals surface area contributed by atoms with E-state index in [2.05, 4.69) is 20.7 Å². The number of likely N-dealkylation sites (tertiary alicyclic amines) is 1. The molecule has 5 rings (SSSR count). The van der Waals surface area contributed by atoms with E-state index < -0.39 is 28.6 Å². The van der Waals surface area contributed by atoms with Gasteiger partial charge in [-0.3, -0.25) is 14.5 Å². The van der Waals surface area contributed by atoms with Gasteiger partial charge in [0.05, 0.1) is 30.2 Å².